The van der Waals surface area contributed by atoms with Crippen LogP contribution in [0, 0.1) is 6.92 Å². The number of carboxylic acids is 1. The number of amides is 1. The maximum absolute atomic E-state index is 11.8. The van der Waals surface area contributed by atoms with Crippen LogP contribution in [0.4, 0.5) is 0 Å². The molecule has 108 valence electrons. The highest BCUT2D eigenvalue weighted by Gasteiger charge is 2.34. The third-order valence-corrected chi connectivity index (χ3v) is 3.38. The van der Waals surface area contributed by atoms with Gasteiger partial charge < -0.3 is 15.2 Å². The average Bonchev–Trinajstić information content (AvgIpc) is 2.88. The molecule has 0 radical (unpaired) electrons. The fourth-order valence-electron chi connectivity index (χ4n) is 2.32. The Bertz CT molecular complexity index is 500. The number of ether oxygens (including phenoxy) is 1. The highest BCUT2D eigenvalue weighted by molar-refractivity contribution is 5.82. The molecule has 0 spiro atoms. The molecule has 5 nitrogen and oxygen atoms in total. The molecule has 2 N–H and O–H groups in total. The molecule has 5 heteroatoms. The van der Waals surface area contributed by atoms with Gasteiger partial charge in [0.25, 0.3) is 0 Å². The molecule has 20 heavy (non-hydrogen) atoms. The lowest BCUT2D eigenvalue weighted by molar-refractivity contribution is -0.151. The summed E-state index contributed by atoms with van der Waals surface area (Å²) in [7, 11) is 0. The van der Waals surface area contributed by atoms with Crippen molar-refractivity contribution in [3.8, 4) is 0 Å². The monoisotopic (exact) mass is 277 g/mol. The first kappa shape index (κ1) is 14.5. The van der Waals surface area contributed by atoms with Crippen LogP contribution in [0.25, 0.3) is 0 Å². The third-order valence-electron chi connectivity index (χ3n) is 3.38. The van der Waals surface area contributed by atoms with Gasteiger partial charge in [0.2, 0.25) is 5.91 Å². The van der Waals surface area contributed by atoms with E-state index < -0.39 is 18.2 Å². The van der Waals surface area contributed by atoms with Crippen LogP contribution in [0.15, 0.2) is 24.3 Å². The molecule has 1 saturated heterocycles. The number of aryl methyl sites for hydroxylation is 1. The molecule has 0 saturated carbocycles. The van der Waals surface area contributed by atoms with Gasteiger partial charge in [-0.05, 0) is 31.7 Å². The molecule has 1 aromatic rings. The predicted molar refractivity (Wildman–Crippen MR) is 73.4 cm³/mol. The molecule has 0 bridgehead atoms. The Balaban J connectivity index is 1.75. The lowest BCUT2D eigenvalue weighted by Crippen LogP contribution is -2.36. The molecular formula is C15H19NO4. The summed E-state index contributed by atoms with van der Waals surface area (Å²) in [5, 5.41) is 11.6. The first-order valence-electron chi connectivity index (χ1n) is 6.78. The number of rotatable bonds is 5. The molecule has 1 amide bonds. The summed E-state index contributed by atoms with van der Waals surface area (Å²) in [6.07, 6.45) is 0.136. The van der Waals surface area contributed by atoms with E-state index in [0.717, 1.165) is 6.42 Å². The maximum atomic E-state index is 11.8. The maximum Gasteiger partial charge on any atom is 0.332 e. The van der Waals surface area contributed by atoms with Gasteiger partial charge in [-0.1, -0.05) is 29.8 Å². The van der Waals surface area contributed by atoms with Crippen molar-refractivity contribution < 1.29 is 19.4 Å². The van der Waals surface area contributed by atoms with Gasteiger partial charge in [0.1, 0.15) is 6.10 Å². The smallest absolute Gasteiger partial charge is 0.332 e. The second-order valence-electron chi connectivity index (χ2n) is 5.06. The molecular weight excluding hydrogens is 258 g/mol. The first-order chi connectivity index (χ1) is 9.56. The van der Waals surface area contributed by atoms with Crippen LogP contribution in [0.3, 0.4) is 0 Å². The van der Waals surface area contributed by atoms with Gasteiger partial charge in [-0.15, -0.1) is 0 Å². The summed E-state index contributed by atoms with van der Waals surface area (Å²) >= 11 is 0. The van der Waals surface area contributed by atoms with Gasteiger partial charge in [-0.3, -0.25) is 4.79 Å². The number of carboxylic acid groups (broad SMARTS) is 1. The number of benzene rings is 1. The van der Waals surface area contributed by atoms with E-state index >= 15 is 0 Å². The van der Waals surface area contributed by atoms with Gasteiger partial charge in [-0.25, -0.2) is 4.79 Å². The van der Waals surface area contributed by atoms with Crippen molar-refractivity contribution in [2.45, 2.75) is 38.4 Å². The van der Waals surface area contributed by atoms with Gasteiger partial charge in [0.15, 0.2) is 6.10 Å². The minimum atomic E-state index is -1.000. The third kappa shape index (κ3) is 3.81. The van der Waals surface area contributed by atoms with Gasteiger partial charge in [0, 0.05) is 6.54 Å². The van der Waals surface area contributed by atoms with Crippen molar-refractivity contribution in [3.63, 3.8) is 0 Å². The molecule has 0 aromatic heterocycles. The standard InChI is InChI=1S/C15H19NO4/c1-10-3-2-4-11(9-10)7-8-16-14(17)12-5-6-13(20-12)15(18)19/h2-4,9,12-13H,5-8H2,1H3,(H,16,17)(H,18,19). The second-order valence-corrected chi connectivity index (χ2v) is 5.06. The highest BCUT2D eigenvalue weighted by Crippen LogP contribution is 2.19. The SMILES string of the molecule is Cc1cccc(CCNC(=O)C2CCC(C(=O)O)O2)c1. The average molecular weight is 277 g/mol. The normalized spacial score (nSPS) is 21.6. The van der Waals surface area contributed by atoms with Gasteiger partial charge >= 0.3 is 5.97 Å². The van der Waals surface area contributed by atoms with Crippen LogP contribution in [0.2, 0.25) is 0 Å². The lowest BCUT2D eigenvalue weighted by Gasteiger charge is -2.11. The lowest BCUT2D eigenvalue weighted by atomic mass is 10.1. The van der Waals surface area contributed by atoms with E-state index in [1.807, 2.05) is 25.1 Å². The number of aliphatic carboxylic acids is 1. The second kappa shape index (κ2) is 6.52. The molecule has 0 aliphatic carbocycles. The number of carbonyl (C=O) groups excluding carboxylic acids is 1. The van der Waals surface area contributed by atoms with Gasteiger partial charge in [-0.2, -0.15) is 0 Å². The van der Waals surface area contributed by atoms with Crippen molar-refractivity contribution in [2.24, 2.45) is 0 Å². The molecule has 1 aliphatic heterocycles. The Morgan fingerprint density at radius 3 is 2.75 bits per heavy atom. The van der Waals surface area contributed by atoms with E-state index in [1.54, 1.807) is 0 Å². The van der Waals surface area contributed by atoms with Crippen LogP contribution in [0.5, 0.6) is 0 Å². The molecule has 2 rings (SSSR count). The molecule has 1 aromatic carbocycles. The Hall–Kier alpha value is -1.88. The highest BCUT2D eigenvalue weighted by atomic mass is 16.5. The zero-order valence-corrected chi connectivity index (χ0v) is 11.5. The molecule has 1 heterocycles. The molecule has 1 fully saturated rings. The number of nitrogens with one attached hydrogen (secondary N) is 1. The summed E-state index contributed by atoms with van der Waals surface area (Å²) in [5.41, 5.74) is 2.36. The van der Waals surface area contributed by atoms with Gasteiger partial charge in [0.05, 0.1) is 0 Å². The molecule has 2 unspecified atom stereocenters. The Kier molecular flexibility index (Phi) is 4.74. The van der Waals surface area contributed by atoms with Crippen LogP contribution >= 0.6 is 0 Å². The summed E-state index contributed by atoms with van der Waals surface area (Å²) in [6.45, 7) is 2.56. The minimum Gasteiger partial charge on any atom is -0.479 e. The fraction of sp³-hybridized carbons (Fsp3) is 0.467. The number of hydrogen-bond acceptors (Lipinski definition) is 3. The van der Waals surface area contributed by atoms with E-state index in [0.29, 0.717) is 19.4 Å². The van der Waals surface area contributed by atoms with Crippen LogP contribution in [0.1, 0.15) is 24.0 Å². The molecule has 1 aliphatic rings. The largest absolute Gasteiger partial charge is 0.479 e. The Morgan fingerprint density at radius 1 is 1.35 bits per heavy atom. The van der Waals surface area contributed by atoms with Crippen LogP contribution < -0.4 is 5.32 Å². The minimum absolute atomic E-state index is 0.221. The summed E-state index contributed by atoms with van der Waals surface area (Å²) in [6, 6.07) is 8.12. The Labute approximate surface area is 117 Å². The predicted octanol–water partition coefficient (Wildman–Crippen LogP) is 1.29. The van der Waals surface area contributed by atoms with Crippen molar-refractivity contribution >= 4 is 11.9 Å². The first-order valence-corrected chi connectivity index (χ1v) is 6.78. The van der Waals surface area contributed by atoms with E-state index in [-0.39, 0.29) is 5.91 Å². The zero-order valence-electron chi connectivity index (χ0n) is 11.5. The van der Waals surface area contributed by atoms with Crippen molar-refractivity contribution in [3.05, 3.63) is 35.4 Å². The van der Waals surface area contributed by atoms with Crippen molar-refractivity contribution in [2.75, 3.05) is 6.54 Å². The quantitative estimate of drug-likeness (QED) is 0.850. The van der Waals surface area contributed by atoms with Crippen molar-refractivity contribution in [1.82, 2.24) is 5.32 Å². The fourth-order valence-corrected chi connectivity index (χ4v) is 2.32. The van der Waals surface area contributed by atoms with E-state index in [2.05, 4.69) is 11.4 Å². The number of hydrogen-bond donors (Lipinski definition) is 2. The number of carbonyl (C=O) groups is 2. The van der Waals surface area contributed by atoms with E-state index in [1.165, 1.54) is 11.1 Å². The van der Waals surface area contributed by atoms with Crippen LogP contribution in [-0.2, 0) is 20.7 Å². The topological polar surface area (TPSA) is 75.6 Å². The Morgan fingerprint density at radius 2 is 2.10 bits per heavy atom. The van der Waals surface area contributed by atoms with E-state index in [4.69, 9.17) is 9.84 Å². The van der Waals surface area contributed by atoms with Crippen LogP contribution in [-0.4, -0.2) is 35.7 Å². The summed E-state index contributed by atoms with van der Waals surface area (Å²) in [4.78, 5) is 22.6. The zero-order chi connectivity index (χ0) is 14.5. The summed E-state index contributed by atoms with van der Waals surface area (Å²) in [5.74, 6) is -1.22. The van der Waals surface area contributed by atoms with Crippen molar-refractivity contribution in [1.29, 1.82) is 0 Å². The van der Waals surface area contributed by atoms with E-state index in [9.17, 15) is 9.59 Å². The summed E-state index contributed by atoms with van der Waals surface area (Å²) < 4.78 is 5.19. The molecule has 2 atom stereocenters.